The van der Waals surface area contributed by atoms with Crippen molar-refractivity contribution in [2.75, 3.05) is 11.9 Å². The molecular weight excluding hydrogens is 341 g/mol. The Kier molecular flexibility index (Phi) is 8.19. The van der Waals surface area contributed by atoms with Gasteiger partial charge in [0.05, 0.1) is 12.6 Å². The van der Waals surface area contributed by atoms with Gasteiger partial charge in [0.1, 0.15) is 5.75 Å². The monoisotopic (exact) mass is 361 g/mol. The molecule has 0 amide bonds. The molecule has 0 aliphatic carbocycles. The van der Waals surface area contributed by atoms with Gasteiger partial charge >= 0.3 is 0 Å². The Hall–Kier alpha value is -1.24. The molecule has 0 aromatic heterocycles. The Balaban J connectivity index is 0.00000289. The van der Waals surface area contributed by atoms with E-state index in [2.05, 4.69) is 16.9 Å². The number of benzene rings is 1. The second kappa shape index (κ2) is 8.79. The van der Waals surface area contributed by atoms with Crippen molar-refractivity contribution in [2.24, 2.45) is 10.7 Å². The van der Waals surface area contributed by atoms with Crippen LogP contribution in [0, 0.1) is 0 Å². The highest BCUT2D eigenvalue weighted by atomic mass is 127. The zero-order valence-electron chi connectivity index (χ0n) is 10.7. The van der Waals surface area contributed by atoms with Crippen molar-refractivity contribution >= 4 is 35.6 Å². The predicted octanol–water partition coefficient (Wildman–Crippen LogP) is 3.00. The lowest BCUT2D eigenvalue weighted by Crippen LogP contribution is -2.22. The van der Waals surface area contributed by atoms with E-state index in [0.717, 1.165) is 11.4 Å². The van der Waals surface area contributed by atoms with Crippen LogP contribution < -0.4 is 15.8 Å². The molecule has 0 spiro atoms. The van der Waals surface area contributed by atoms with Gasteiger partial charge < -0.3 is 15.8 Å². The molecule has 0 atom stereocenters. The fourth-order valence-electron chi connectivity index (χ4n) is 1.24. The van der Waals surface area contributed by atoms with Gasteiger partial charge in [0.15, 0.2) is 5.96 Å². The van der Waals surface area contributed by atoms with E-state index in [9.17, 15) is 0 Å². The van der Waals surface area contributed by atoms with Crippen LogP contribution in [-0.4, -0.2) is 18.6 Å². The van der Waals surface area contributed by atoms with Crippen molar-refractivity contribution < 1.29 is 4.74 Å². The van der Waals surface area contributed by atoms with Crippen molar-refractivity contribution in [3.05, 3.63) is 36.9 Å². The van der Waals surface area contributed by atoms with Crippen LogP contribution in [0.3, 0.4) is 0 Å². The summed E-state index contributed by atoms with van der Waals surface area (Å²) < 4.78 is 5.54. The third kappa shape index (κ3) is 6.48. The Morgan fingerprint density at radius 3 is 2.56 bits per heavy atom. The lowest BCUT2D eigenvalue weighted by molar-refractivity contribution is 0.242. The largest absolute Gasteiger partial charge is 0.491 e. The van der Waals surface area contributed by atoms with Gasteiger partial charge in [-0.15, -0.1) is 30.6 Å². The van der Waals surface area contributed by atoms with Crippen LogP contribution in [-0.2, 0) is 0 Å². The van der Waals surface area contributed by atoms with Crippen LogP contribution in [0.5, 0.6) is 5.75 Å². The Bertz CT molecular complexity index is 388. The van der Waals surface area contributed by atoms with Crippen LogP contribution in [0.1, 0.15) is 13.8 Å². The van der Waals surface area contributed by atoms with E-state index < -0.39 is 0 Å². The summed E-state index contributed by atoms with van der Waals surface area (Å²) in [5, 5.41) is 2.98. The number of nitrogens with two attached hydrogens (primary N) is 1. The molecule has 0 aliphatic heterocycles. The molecular formula is C13H20IN3O. The Morgan fingerprint density at radius 2 is 2.06 bits per heavy atom. The molecule has 1 rings (SSSR count). The Morgan fingerprint density at radius 1 is 1.44 bits per heavy atom. The first-order valence-corrected chi connectivity index (χ1v) is 5.56. The maximum Gasteiger partial charge on any atom is 0.193 e. The summed E-state index contributed by atoms with van der Waals surface area (Å²) in [7, 11) is 0. The van der Waals surface area contributed by atoms with E-state index in [-0.39, 0.29) is 30.1 Å². The topological polar surface area (TPSA) is 59.6 Å². The average Bonchev–Trinajstić information content (AvgIpc) is 2.28. The van der Waals surface area contributed by atoms with Crippen LogP contribution in [0.4, 0.5) is 5.69 Å². The summed E-state index contributed by atoms with van der Waals surface area (Å²) >= 11 is 0. The first-order chi connectivity index (χ1) is 8.11. The second-order valence-corrected chi connectivity index (χ2v) is 3.83. The minimum absolute atomic E-state index is 0. The molecule has 4 nitrogen and oxygen atoms in total. The highest BCUT2D eigenvalue weighted by Gasteiger charge is 1.98. The van der Waals surface area contributed by atoms with E-state index in [4.69, 9.17) is 10.5 Å². The maximum atomic E-state index is 5.67. The lowest BCUT2D eigenvalue weighted by atomic mass is 10.3. The minimum Gasteiger partial charge on any atom is -0.491 e. The molecule has 1 aromatic carbocycles. The third-order valence-corrected chi connectivity index (χ3v) is 1.89. The second-order valence-electron chi connectivity index (χ2n) is 3.83. The van der Waals surface area contributed by atoms with Gasteiger partial charge in [0, 0.05) is 5.69 Å². The normalized spacial score (nSPS) is 10.7. The van der Waals surface area contributed by atoms with Gasteiger partial charge in [-0.1, -0.05) is 6.08 Å². The molecule has 0 bridgehead atoms. The summed E-state index contributed by atoms with van der Waals surface area (Å²) in [5.74, 6) is 1.22. The fraction of sp³-hybridized carbons (Fsp3) is 0.308. The molecule has 3 N–H and O–H groups in total. The van der Waals surface area contributed by atoms with Gasteiger partial charge in [-0.05, 0) is 38.1 Å². The predicted molar refractivity (Wildman–Crippen MR) is 87.9 cm³/mol. The van der Waals surface area contributed by atoms with Crippen molar-refractivity contribution in [3.8, 4) is 5.75 Å². The molecule has 5 heteroatoms. The molecule has 0 saturated heterocycles. The number of guanidine groups is 1. The van der Waals surface area contributed by atoms with E-state index in [1.165, 1.54) is 0 Å². The van der Waals surface area contributed by atoms with Gasteiger partial charge in [-0.2, -0.15) is 0 Å². The molecule has 0 fully saturated rings. The number of anilines is 1. The smallest absolute Gasteiger partial charge is 0.193 e. The molecule has 0 aliphatic rings. The molecule has 1 aromatic rings. The van der Waals surface area contributed by atoms with Crippen LogP contribution in [0.15, 0.2) is 41.9 Å². The highest BCUT2D eigenvalue weighted by molar-refractivity contribution is 14.0. The number of hydrogen-bond acceptors (Lipinski definition) is 2. The van der Waals surface area contributed by atoms with E-state index in [1.54, 1.807) is 6.08 Å². The van der Waals surface area contributed by atoms with E-state index in [1.807, 2.05) is 38.1 Å². The van der Waals surface area contributed by atoms with Gasteiger partial charge in [-0.25, -0.2) is 4.99 Å². The number of rotatable bonds is 5. The summed E-state index contributed by atoms with van der Waals surface area (Å²) in [5.41, 5.74) is 6.55. The highest BCUT2D eigenvalue weighted by Crippen LogP contribution is 2.16. The van der Waals surface area contributed by atoms with Gasteiger partial charge in [0.25, 0.3) is 0 Å². The lowest BCUT2D eigenvalue weighted by Gasteiger charge is -2.10. The van der Waals surface area contributed by atoms with Crippen LogP contribution in [0.25, 0.3) is 0 Å². The van der Waals surface area contributed by atoms with Crippen LogP contribution in [0.2, 0.25) is 0 Å². The SMILES string of the molecule is C=CCN=C(N)Nc1ccc(OC(C)C)cc1.I. The van der Waals surface area contributed by atoms with Crippen molar-refractivity contribution in [3.63, 3.8) is 0 Å². The summed E-state index contributed by atoms with van der Waals surface area (Å²) in [6, 6.07) is 7.58. The number of nitrogens with zero attached hydrogens (tertiary/aromatic N) is 1. The minimum atomic E-state index is 0. The summed E-state index contributed by atoms with van der Waals surface area (Å²) in [6.07, 6.45) is 1.86. The number of ether oxygens (including phenoxy) is 1. The fourth-order valence-corrected chi connectivity index (χ4v) is 1.24. The molecule has 0 unspecified atom stereocenters. The molecule has 0 radical (unpaired) electrons. The van der Waals surface area contributed by atoms with Crippen molar-refractivity contribution in [1.29, 1.82) is 0 Å². The molecule has 0 heterocycles. The number of aliphatic imine (C=N–C) groups is 1. The number of hydrogen-bond donors (Lipinski definition) is 2. The van der Waals surface area contributed by atoms with Crippen LogP contribution >= 0.6 is 24.0 Å². The zero-order chi connectivity index (χ0) is 12.7. The van der Waals surface area contributed by atoms with Gasteiger partial charge in [-0.3, -0.25) is 0 Å². The van der Waals surface area contributed by atoms with E-state index >= 15 is 0 Å². The quantitative estimate of drug-likeness (QED) is 0.367. The molecule has 100 valence electrons. The van der Waals surface area contributed by atoms with Crippen molar-refractivity contribution in [2.45, 2.75) is 20.0 Å². The number of halogens is 1. The third-order valence-electron chi connectivity index (χ3n) is 1.89. The summed E-state index contributed by atoms with van der Waals surface area (Å²) in [6.45, 7) is 8.06. The standard InChI is InChI=1S/C13H19N3O.HI/c1-4-9-15-13(14)16-11-5-7-12(8-6-11)17-10(2)3;/h4-8,10H,1,9H2,2-3H3,(H3,14,15,16);1H. The van der Waals surface area contributed by atoms with Crippen molar-refractivity contribution in [1.82, 2.24) is 0 Å². The molecule has 18 heavy (non-hydrogen) atoms. The van der Waals surface area contributed by atoms with E-state index in [0.29, 0.717) is 12.5 Å². The number of nitrogens with one attached hydrogen (secondary N) is 1. The zero-order valence-corrected chi connectivity index (χ0v) is 13.0. The molecule has 0 saturated carbocycles. The Labute approximate surface area is 125 Å². The average molecular weight is 361 g/mol. The first kappa shape index (κ1) is 16.8. The van der Waals surface area contributed by atoms with Gasteiger partial charge in [0.2, 0.25) is 0 Å². The maximum absolute atomic E-state index is 5.67. The first-order valence-electron chi connectivity index (χ1n) is 5.56. The summed E-state index contributed by atoms with van der Waals surface area (Å²) in [4.78, 5) is 4.04.